The second-order valence-electron chi connectivity index (χ2n) is 6.61. The summed E-state index contributed by atoms with van der Waals surface area (Å²) in [6.07, 6.45) is 0. The van der Waals surface area contributed by atoms with Crippen molar-refractivity contribution in [2.45, 2.75) is 42.6 Å². The Morgan fingerprint density at radius 1 is 1.42 bits per heavy atom. The van der Waals surface area contributed by atoms with Crippen LogP contribution in [0.2, 0.25) is 5.02 Å². The predicted molar refractivity (Wildman–Crippen MR) is 91.4 cm³/mol. The summed E-state index contributed by atoms with van der Waals surface area (Å²) in [4.78, 5) is 14.1. The van der Waals surface area contributed by atoms with Crippen molar-refractivity contribution in [1.82, 2.24) is 25.1 Å². The Morgan fingerprint density at radius 3 is 2.96 bits per heavy atom. The fourth-order valence-electron chi connectivity index (χ4n) is 3.39. The summed E-state index contributed by atoms with van der Waals surface area (Å²) in [6.45, 7) is 4.69. The van der Waals surface area contributed by atoms with Crippen LogP contribution in [0.1, 0.15) is 31.3 Å². The monoisotopic (exact) mass is 364 g/mol. The zero-order valence-corrected chi connectivity index (χ0v) is 14.8. The lowest BCUT2D eigenvalue weighted by Gasteiger charge is -2.42. The van der Waals surface area contributed by atoms with Gasteiger partial charge in [-0.05, 0) is 42.0 Å². The molecule has 7 nitrogen and oxygen atoms in total. The predicted octanol–water partition coefficient (Wildman–Crippen LogP) is 1.44. The first-order valence-electron chi connectivity index (χ1n) is 7.64. The Hall–Kier alpha value is -1.64. The molecule has 0 radical (unpaired) electrons. The average molecular weight is 365 g/mol. The Balaban J connectivity index is 1.68. The Morgan fingerprint density at radius 2 is 2.21 bits per heavy atom. The maximum Gasteiger partial charge on any atom is 0.244 e. The van der Waals surface area contributed by atoms with E-state index in [0.29, 0.717) is 17.4 Å². The normalized spacial score (nSPS) is 27.9. The molecule has 2 N–H and O–H groups in total. The zero-order chi connectivity index (χ0) is 17.1. The molecule has 4 rings (SSSR count). The molecule has 1 aromatic carbocycles. The molecule has 1 amide bonds. The highest BCUT2D eigenvalue weighted by atomic mass is 35.5. The number of hydrogen-bond acceptors (Lipinski definition) is 6. The molecule has 3 atom stereocenters. The average Bonchev–Trinajstić information content (AvgIpc) is 3.06. The number of aromatic nitrogens is 4. The van der Waals surface area contributed by atoms with Gasteiger partial charge in [-0.2, -0.15) is 0 Å². The molecule has 2 saturated heterocycles. The number of amides is 1. The number of benzene rings is 1. The summed E-state index contributed by atoms with van der Waals surface area (Å²) < 4.78 is 1.52. The number of carbonyl (C=O) groups is 1. The number of hydrogen-bond donors (Lipinski definition) is 1. The van der Waals surface area contributed by atoms with Crippen molar-refractivity contribution in [2.75, 3.05) is 0 Å². The van der Waals surface area contributed by atoms with Crippen molar-refractivity contribution in [3.05, 3.63) is 40.7 Å². The van der Waals surface area contributed by atoms with E-state index < -0.39 is 6.04 Å². The maximum atomic E-state index is 12.2. The van der Waals surface area contributed by atoms with Gasteiger partial charge in [-0.25, -0.2) is 4.68 Å². The minimum Gasteiger partial charge on any atom is -0.317 e. The van der Waals surface area contributed by atoms with E-state index in [1.165, 1.54) is 0 Å². The van der Waals surface area contributed by atoms with Crippen LogP contribution in [0.4, 0.5) is 0 Å². The summed E-state index contributed by atoms with van der Waals surface area (Å²) in [5.41, 5.74) is 6.94. The largest absolute Gasteiger partial charge is 0.317 e. The summed E-state index contributed by atoms with van der Waals surface area (Å²) >= 11 is 7.76. The molecule has 2 aliphatic heterocycles. The third-order valence-corrected chi connectivity index (χ3v) is 6.34. The van der Waals surface area contributed by atoms with E-state index in [9.17, 15) is 4.79 Å². The smallest absolute Gasteiger partial charge is 0.244 e. The highest BCUT2D eigenvalue weighted by Gasteiger charge is 2.61. The van der Waals surface area contributed by atoms with Crippen molar-refractivity contribution in [3.63, 3.8) is 0 Å². The third-order valence-electron chi connectivity index (χ3n) is 4.51. The molecule has 3 heterocycles. The van der Waals surface area contributed by atoms with Crippen molar-refractivity contribution in [2.24, 2.45) is 5.73 Å². The van der Waals surface area contributed by atoms with E-state index in [2.05, 4.69) is 29.4 Å². The van der Waals surface area contributed by atoms with Crippen LogP contribution in [0, 0.1) is 0 Å². The first-order chi connectivity index (χ1) is 11.4. The van der Waals surface area contributed by atoms with Crippen molar-refractivity contribution >= 4 is 29.3 Å². The van der Waals surface area contributed by atoms with Gasteiger partial charge >= 0.3 is 0 Å². The number of β-lactam (4-membered cyclic amide) rings is 1. The van der Waals surface area contributed by atoms with Crippen LogP contribution >= 0.6 is 23.4 Å². The first-order valence-corrected chi connectivity index (χ1v) is 8.90. The second-order valence-corrected chi connectivity index (χ2v) is 8.82. The molecule has 2 aromatic rings. The number of fused-ring (bicyclic) bond motifs is 1. The summed E-state index contributed by atoms with van der Waals surface area (Å²) in [5, 5.41) is 12.8. The molecule has 2 aliphatic rings. The first kappa shape index (κ1) is 15.9. The number of halogens is 1. The number of tetrazole rings is 1. The van der Waals surface area contributed by atoms with Gasteiger partial charge in [-0.1, -0.05) is 23.7 Å². The third kappa shape index (κ3) is 2.32. The van der Waals surface area contributed by atoms with Crippen LogP contribution in [-0.4, -0.2) is 47.2 Å². The van der Waals surface area contributed by atoms with Gasteiger partial charge in [0.25, 0.3) is 0 Å². The highest BCUT2D eigenvalue weighted by molar-refractivity contribution is 8.01. The lowest BCUT2D eigenvalue weighted by atomic mass is 9.95. The minimum absolute atomic E-state index is 0.00572. The fourth-order valence-corrected chi connectivity index (χ4v) is 5.17. The molecular formula is C15H17ClN6OS. The Bertz CT molecular complexity index is 809. The van der Waals surface area contributed by atoms with Crippen LogP contribution in [0.25, 0.3) is 0 Å². The minimum atomic E-state index is -0.434. The summed E-state index contributed by atoms with van der Waals surface area (Å²) in [5.74, 6) is 0.635. The quantitative estimate of drug-likeness (QED) is 0.829. The number of nitrogens with two attached hydrogens (primary N) is 1. The van der Waals surface area contributed by atoms with E-state index in [1.54, 1.807) is 16.4 Å². The second kappa shape index (κ2) is 5.44. The van der Waals surface area contributed by atoms with Crippen molar-refractivity contribution in [1.29, 1.82) is 0 Å². The standard InChI is InChI=1S/C15H17ClN6OS/c1-15(2)11(22-13(23)10(17)14(22)24-15)12-18-19-20-21(12)7-8-4-3-5-9(16)6-8/h3-6,10-11,14H,7,17H2,1-2H3/t10?,11?,14-/m0/s1. The van der Waals surface area contributed by atoms with Gasteiger partial charge in [0.1, 0.15) is 17.5 Å². The zero-order valence-electron chi connectivity index (χ0n) is 13.3. The number of carbonyl (C=O) groups excluding carboxylic acids is 1. The molecule has 126 valence electrons. The van der Waals surface area contributed by atoms with Gasteiger partial charge in [0.05, 0.1) is 6.54 Å². The highest BCUT2D eigenvalue weighted by Crippen LogP contribution is 2.56. The Labute approximate surface area is 148 Å². The summed E-state index contributed by atoms with van der Waals surface area (Å²) in [6, 6.07) is 6.94. The lowest BCUT2D eigenvalue weighted by Crippen LogP contribution is -2.65. The van der Waals surface area contributed by atoms with E-state index in [0.717, 1.165) is 5.56 Å². The SMILES string of the molecule is CC1(C)S[C@H]2C(N)C(=O)N2C1c1nnnn1Cc1cccc(Cl)c1. The van der Waals surface area contributed by atoms with E-state index >= 15 is 0 Å². The molecule has 0 bridgehead atoms. The van der Waals surface area contributed by atoms with Crippen LogP contribution in [0.3, 0.4) is 0 Å². The van der Waals surface area contributed by atoms with Gasteiger partial charge in [0, 0.05) is 9.77 Å². The van der Waals surface area contributed by atoms with Crippen molar-refractivity contribution in [3.8, 4) is 0 Å². The van der Waals surface area contributed by atoms with Crippen LogP contribution < -0.4 is 5.73 Å². The Kier molecular flexibility index (Phi) is 3.59. The number of nitrogens with zero attached hydrogens (tertiary/aromatic N) is 5. The molecule has 1 aromatic heterocycles. The molecule has 0 spiro atoms. The van der Waals surface area contributed by atoms with Crippen LogP contribution in [-0.2, 0) is 11.3 Å². The van der Waals surface area contributed by atoms with Crippen LogP contribution in [0.5, 0.6) is 0 Å². The van der Waals surface area contributed by atoms with Gasteiger partial charge in [-0.3, -0.25) is 4.79 Å². The van der Waals surface area contributed by atoms with E-state index in [-0.39, 0.29) is 22.1 Å². The molecule has 2 fully saturated rings. The van der Waals surface area contributed by atoms with Gasteiger partial charge in [-0.15, -0.1) is 16.9 Å². The molecule has 24 heavy (non-hydrogen) atoms. The topological polar surface area (TPSA) is 89.9 Å². The van der Waals surface area contributed by atoms with Gasteiger partial charge < -0.3 is 10.6 Å². The summed E-state index contributed by atoms with van der Waals surface area (Å²) in [7, 11) is 0. The molecule has 0 saturated carbocycles. The molecule has 9 heteroatoms. The fraction of sp³-hybridized carbons (Fsp3) is 0.467. The van der Waals surface area contributed by atoms with E-state index in [1.807, 2.05) is 29.2 Å². The van der Waals surface area contributed by atoms with Crippen molar-refractivity contribution < 1.29 is 4.79 Å². The van der Waals surface area contributed by atoms with Crippen LogP contribution in [0.15, 0.2) is 24.3 Å². The number of thioether (sulfide) groups is 1. The van der Waals surface area contributed by atoms with E-state index in [4.69, 9.17) is 17.3 Å². The maximum absolute atomic E-state index is 12.2. The number of rotatable bonds is 3. The molecule has 2 unspecified atom stereocenters. The van der Waals surface area contributed by atoms with Gasteiger partial charge in [0.15, 0.2) is 5.82 Å². The lowest BCUT2D eigenvalue weighted by molar-refractivity contribution is -0.147. The molecular weight excluding hydrogens is 348 g/mol. The van der Waals surface area contributed by atoms with Gasteiger partial charge in [0.2, 0.25) is 5.91 Å². The molecule has 0 aliphatic carbocycles.